The van der Waals surface area contributed by atoms with Crippen LogP contribution in [0.4, 0.5) is 13.2 Å². The van der Waals surface area contributed by atoms with Gasteiger partial charge in [0.15, 0.2) is 0 Å². The first-order valence-electron chi connectivity index (χ1n) is 8.05. The van der Waals surface area contributed by atoms with E-state index in [-0.39, 0.29) is 12.2 Å². The van der Waals surface area contributed by atoms with Gasteiger partial charge < -0.3 is 9.47 Å². The lowest BCUT2D eigenvalue weighted by molar-refractivity contribution is -0.137. The third-order valence-electron chi connectivity index (χ3n) is 4.07. The van der Waals surface area contributed by atoms with Gasteiger partial charge in [-0.3, -0.25) is 14.3 Å². The number of nitrogens with zero attached hydrogens (tertiary/aromatic N) is 1. The first-order valence-corrected chi connectivity index (χ1v) is 8.05. The zero-order valence-electron chi connectivity index (χ0n) is 13.9. The standard InChI is InChI=1S/C17H15F3N2O5/c18-17(19,20)11-3-1-2-10(8-11)15(24)26-9-12-4-5-14(27-12)22-7-6-13(23)21-16(22)25/h1-3,6-8,12,14H,4-5,9H2,(H,21,23,25)/t12-,14+/m0/s1. The highest BCUT2D eigenvalue weighted by Crippen LogP contribution is 2.30. The van der Waals surface area contributed by atoms with Crippen LogP contribution in [0.15, 0.2) is 46.1 Å². The highest BCUT2D eigenvalue weighted by molar-refractivity contribution is 5.89. The molecule has 2 heterocycles. The molecule has 0 radical (unpaired) electrons. The molecule has 0 spiro atoms. The van der Waals surface area contributed by atoms with Crippen LogP contribution >= 0.6 is 0 Å². The molecule has 2 aromatic rings. The number of nitrogens with one attached hydrogen (secondary N) is 1. The SMILES string of the molecule is O=C(OC[C@@H]1CC[C@H](n2ccc(=O)[nH]c2=O)O1)c1cccc(C(F)(F)F)c1. The van der Waals surface area contributed by atoms with Crippen molar-refractivity contribution in [3.63, 3.8) is 0 Å². The molecule has 1 aromatic carbocycles. The number of halogens is 3. The summed E-state index contributed by atoms with van der Waals surface area (Å²) in [6.45, 7) is -0.163. The molecule has 27 heavy (non-hydrogen) atoms. The number of aromatic nitrogens is 2. The van der Waals surface area contributed by atoms with Gasteiger partial charge >= 0.3 is 17.8 Å². The van der Waals surface area contributed by atoms with Gasteiger partial charge in [0, 0.05) is 12.3 Å². The van der Waals surface area contributed by atoms with E-state index in [0.29, 0.717) is 12.8 Å². The van der Waals surface area contributed by atoms with Gasteiger partial charge in [0.05, 0.1) is 17.2 Å². The maximum atomic E-state index is 12.7. The third kappa shape index (κ3) is 4.45. The van der Waals surface area contributed by atoms with Crippen molar-refractivity contribution in [2.24, 2.45) is 0 Å². The minimum atomic E-state index is -4.55. The Kier molecular flexibility index (Phi) is 5.17. The van der Waals surface area contributed by atoms with E-state index in [9.17, 15) is 27.6 Å². The van der Waals surface area contributed by atoms with E-state index >= 15 is 0 Å². The zero-order chi connectivity index (χ0) is 19.6. The van der Waals surface area contributed by atoms with Crippen molar-refractivity contribution < 1.29 is 27.4 Å². The number of H-pyrrole nitrogens is 1. The van der Waals surface area contributed by atoms with Gasteiger partial charge in [-0.05, 0) is 31.0 Å². The van der Waals surface area contributed by atoms with Crippen molar-refractivity contribution in [2.45, 2.75) is 31.3 Å². The second kappa shape index (κ2) is 7.39. The fraction of sp³-hybridized carbons (Fsp3) is 0.353. The van der Waals surface area contributed by atoms with Crippen molar-refractivity contribution in [2.75, 3.05) is 6.61 Å². The smallest absolute Gasteiger partial charge is 0.416 e. The molecule has 0 aliphatic carbocycles. The quantitative estimate of drug-likeness (QED) is 0.816. The first kappa shape index (κ1) is 18.9. The number of aromatic amines is 1. The maximum Gasteiger partial charge on any atom is 0.416 e. The molecule has 0 amide bonds. The minimum Gasteiger partial charge on any atom is -0.459 e. The monoisotopic (exact) mass is 384 g/mol. The zero-order valence-corrected chi connectivity index (χ0v) is 13.9. The van der Waals surface area contributed by atoms with Crippen molar-refractivity contribution in [1.29, 1.82) is 0 Å². The minimum absolute atomic E-state index is 0.163. The number of ether oxygens (including phenoxy) is 2. The molecule has 2 atom stereocenters. The van der Waals surface area contributed by atoms with E-state index in [0.717, 1.165) is 18.2 Å². The van der Waals surface area contributed by atoms with Gasteiger partial charge in [-0.15, -0.1) is 0 Å². The summed E-state index contributed by atoms with van der Waals surface area (Å²) < 4.78 is 50.0. The van der Waals surface area contributed by atoms with Gasteiger partial charge in [-0.25, -0.2) is 9.59 Å². The van der Waals surface area contributed by atoms with Crippen LogP contribution in [0.5, 0.6) is 0 Å². The molecule has 1 N–H and O–H groups in total. The molecule has 0 bridgehead atoms. The summed E-state index contributed by atoms with van der Waals surface area (Å²) in [7, 11) is 0. The molecule has 1 fully saturated rings. The first-order chi connectivity index (χ1) is 12.7. The Labute approximate surface area is 150 Å². The third-order valence-corrected chi connectivity index (χ3v) is 4.07. The van der Waals surface area contributed by atoms with Crippen LogP contribution in [0, 0.1) is 0 Å². The van der Waals surface area contributed by atoms with Crippen molar-refractivity contribution in [3.8, 4) is 0 Å². The van der Waals surface area contributed by atoms with E-state index in [1.54, 1.807) is 0 Å². The Hall–Kier alpha value is -2.88. The number of rotatable bonds is 4. The van der Waals surface area contributed by atoms with E-state index in [1.807, 2.05) is 0 Å². The Morgan fingerprint density at radius 3 is 2.74 bits per heavy atom. The number of hydrogen-bond acceptors (Lipinski definition) is 5. The van der Waals surface area contributed by atoms with Crippen LogP contribution in [-0.2, 0) is 15.7 Å². The van der Waals surface area contributed by atoms with E-state index in [2.05, 4.69) is 4.98 Å². The highest BCUT2D eigenvalue weighted by atomic mass is 19.4. The van der Waals surface area contributed by atoms with Crippen molar-refractivity contribution >= 4 is 5.97 Å². The van der Waals surface area contributed by atoms with Crippen molar-refractivity contribution in [3.05, 3.63) is 68.5 Å². The molecule has 7 nitrogen and oxygen atoms in total. The predicted molar refractivity (Wildman–Crippen MR) is 86.2 cm³/mol. The summed E-state index contributed by atoms with van der Waals surface area (Å²) in [5.41, 5.74) is -2.29. The number of esters is 1. The molecular weight excluding hydrogens is 369 g/mol. The van der Waals surface area contributed by atoms with Crippen LogP contribution in [0.1, 0.15) is 35.0 Å². The predicted octanol–water partition coefficient (Wildman–Crippen LogP) is 2.09. The Morgan fingerprint density at radius 1 is 1.26 bits per heavy atom. The summed E-state index contributed by atoms with van der Waals surface area (Å²) in [4.78, 5) is 36.9. The topological polar surface area (TPSA) is 90.4 Å². The molecular formula is C17H15F3N2O5. The van der Waals surface area contributed by atoms with Crippen LogP contribution in [0.25, 0.3) is 0 Å². The highest BCUT2D eigenvalue weighted by Gasteiger charge is 2.32. The average molecular weight is 384 g/mol. The second-order valence-electron chi connectivity index (χ2n) is 5.98. The number of carbonyl (C=O) groups is 1. The molecule has 0 unspecified atom stereocenters. The molecule has 10 heteroatoms. The maximum absolute atomic E-state index is 12.7. The number of benzene rings is 1. The molecule has 3 rings (SSSR count). The molecule has 1 aliphatic heterocycles. The lowest BCUT2D eigenvalue weighted by Crippen LogP contribution is -2.31. The van der Waals surface area contributed by atoms with Gasteiger partial charge in [-0.1, -0.05) is 6.07 Å². The summed E-state index contributed by atoms with van der Waals surface area (Å²) in [5, 5.41) is 0. The molecule has 1 aliphatic rings. The van der Waals surface area contributed by atoms with Crippen LogP contribution < -0.4 is 11.2 Å². The number of alkyl halides is 3. The van der Waals surface area contributed by atoms with Crippen LogP contribution in [-0.4, -0.2) is 28.2 Å². The normalized spacial score (nSPS) is 19.8. The van der Waals surface area contributed by atoms with Crippen molar-refractivity contribution in [1.82, 2.24) is 9.55 Å². The fourth-order valence-corrected chi connectivity index (χ4v) is 2.74. The molecule has 1 saturated heterocycles. The van der Waals surface area contributed by atoms with E-state index in [1.165, 1.54) is 22.9 Å². The van der Waals surface area contributed by atoms with Gasteiger partial charge in [0.2, 0.25) is 0 Å². The summed E-state index contributed by atoms with van der Waals surface area (Å²) in [5.74, 6) is -0.894. The lowest BCUT2D eigenvalue weighted by Gasteiger charge is -2.15. The Morgan fingerprint density at radius 2 is 2.04 bits per heavy atom. The van der Waals surface area contributed by atoms with Crippen LogP contribution in [0.2, 0.25) is 0 Å². The van der Waals surface area contributed by atoms with E-state index < -0.39 is 41.3 Å². The summed E-state index contributed by atoms with van der Waals surface area (Å²) in [6, 6.07) is 5.13. The average Bonchev–Trinajstić information content (AvgIpc) is 3.07. The largest absolute Gasteiger partial charge is 0.459 e. The number of carbonyl (C=O) groups excluding carboxylic acids is 1. The molecule has 0 saturated carbocycles. The summed E-state index contributed by atoms with van der Waals surface area (Å²) in [6.07, 6.45) is -3.44. The van der Waals surface area contributed by atoms with Gasteiger partial charge in [-0.2, -0.15) is 13.2 Å². The summed E-state index contributed by atoms with van der Waals surface area (Å²) >= 11 is 0. The Bertz CT molecular complexity index is 950. The van der Waals surface area contributed by atoms with E-state index in [4.69, 9.17) is 9.47 Å². The van der Waals surface area contributed by atoms with Crippen LogP contribution in [0.3, 0.4) is 0 Å². The van der Waals surface area contributed by atoms with Gasteiger partial charge in [0.25, 0.3) is 5.56 Å². The lowest BCUT2D eigenvalue weighted by atomic mass is 10.1. The van der Waals surface area contributed by atoms with Gasteiger partial charge in [0.1, 0.15) is 12.8 Å². The number of hydrogen-bond donors (Lipinski definition) is 1. The molecule has 144 valence electrons. The Balaban J connectivity index is 1.59. The molecule has 1 aromatic heterocycles. The second-order valence-corrected chi connectivity index (χ2v) is 5.98. The fourth-order valence-electron chi connectivity index (χ4n) is 2.74.